The fraction of sp³-hybridized carbons (Fsp3) is 0.333. The second-order valence-electron chi connectivity index (χ2n) is 7.49. The molecule has 3 aromatic rings. The normalized spacial score (nSPS) is 18.5. The molecule has 28 heavy (non-hydrogen) atoms. The number of anilines is 1. The molecular formula is C21H22N4O2S. The standard InChI is InChI=1S/C21H22N4O2S/c26-28(27,19-8-7-16-3-1-2-4-18(16)15-19)25-13-11-24(12-14-25)21-10-9-20(22-23-21)17-5-6-17/h1-4,7-10,15,17H,5-6,11-14H2. The first kappa shape index (κ1) is 17.6. The SMILES string of the molecule is O=S(=O)(c1ccc2ccccc2c1)N1CCN(c2ccc(C3CC3)nn2)CC1. The third-order valence-electron chi connectivity index (χ3n) is 5.59. The molecule has 0 N–H and O–H groups in total. The summed E-state index contributed by atoms with van der Waals surface area (Å²) in [6.45, 7) is 2.12. The van der Waals surface area contributed by atoms with Crippen molar-refractivity contribution < 1.29 is 8.42 Å². The van der Waals surface area contributed by atoms with Gasteiger partial charge in [0.25, 0.3) is 0 Å². The molecule has 0 atom stereocenters. The van der Waals surface area contributed by atoms with Crippen molar-refractivity contribution in [3.63, 3.8) is 0 Å². The first-order valence-corrected chi connectivity index (χ1v) is 11.1. The maximum Gasteiger partial charge on any atom is 0.243 e. The van der Waals surface area contributed by atoms with E-state index in [0.717, 1.165) is 22.3 Å². The molecule has 0 radical (unpaired) electrons. The van der Waals surface area contributed by atoms with Crippen molar-refractivity contribution in [1.82, 2.24) is 14.5 Å². The predicted molar refractivity (Wildman–Crippen MR) is 109 cm³/mol. The summed E-state index contributed by atoms with van der Waals surface area (Å²) >= 11 is 0. The third kappa shape index (κ3) is 3.25. The van der Waals surface area contributed by atoms with Gasteiger partial charge < -0.3 is 4.90 Å². The molecule has 2 heterocycles. The first-order valence-electron chi connectivity index (χ1n) is 9.69. The number of piperazine rings is 1. The number of benzene rings is 2. The Kier molecular flexibility index (Phi) is 4.29. The Balaban J connectivity index is 1.30. The van der Waals surface area contributed by atoms with Gasteiger partial charge in [0.2, 0.25) is 10.0 Å². The van der Waals surface area contributed by atoms with Crippen LogP contribution in [0.2, 0.25) is 0 Å². The lowest BCUT2D eigenvalue weighted by Crippen LogP contribution is -2.49. The Morgan fingerprint density at radius 1 is 0.821 bits per heavy atom. The van der Waals surface area contributed by atoms with E-state index in [1.165, 1.54) is 12.8 Å². The zero-order valence-corrected chi connectivity index (χ0v) is 16.3. The van der Waals surface area contributed by atoms with Crippen molar-refractivity contribution in [3.05, 3.63) is 60.3 Å². The second-order valence-corrected chi connectivity index (χ2v) is 9.43. The molecule has 1 aromatic heterocycles. The maximum atomic E-state index is 13.1. The molecule has 5 rings (SSSR count). The van der Waals surface area contributed by atoms with Gasteiger partial charge in [-0.05, 0) is 47.9 Å². The third-order valence-corrected chi connectivity index (χ3v) is 7.48. The zero-order valence-electron chi connectivity index (χ0n) is 15.5. The molecule has 1 aliphatic carbocycles. The van der Waals surface area contributed by atoms with Crippen LogP contribution in [-0.2, 0) is 10.0 Å². The van der Waals surface area contributed by atoms with Gasteiger partial charge in [-0.25, -0.2) is 8.42 Å². The van der Waals surface area contributed by atoms with Crippen LogP contribution in [0.4, 0.5) is 5.82 Å². The minimum absolute atomic E-state index is 0.355. The summed E-state index contributed by atoms with van der Waals surface area (Å²) in [4.78, 5) is 2.46. The molecule has 1 saturated heterocycles. The molecule has 7 heteroatoms. The average molecular weight is 395 g/mol. The van der Waals surface area contributed by atoms with Crippen LogP contribution in [0.1, 0.15) is 24.5 Å². The van der Waals surface area contributed by atoms with Crippen LogP contribution >= 0.6 is 0 Å². The zero-order chi connectivity index (χ0) is 19.1. The van der Waals surface area contributed by atoms with E-state index >= 15 is 0 Å². The van der Waals surface area contributed by atoms with Crippen molar-refractivity contribution in [1.29, 1.82) is 0 Å². The van der Waals surface area contributed by atoms with Crippen molar-refractivity contribution in [2.45, 2.75) is 23.7 Å². The number of hydrogen-bond donors (Lipinski definition) is 0. The van der Waals surface area contributed by atoms with E-state index in [4.69, 9.17) is 0 Å². The van der Waals surface area contributed by atoms with Crippen molar-refractivity contribution in [2.24, 2.45) is 0 Å². The molecule has 144 valence electrons. The van der Waals surface area contributed by atoms with Crippen LogP contribution in [0, 0.1) is 0 Å². The lowest BCUT2D eigenvalue weighted by molar-refractivity contribution is 0.383. The van der Waals surface area contributed by atoms with E-state index in [0.29, 0.717) is 37.0 Å². The fourth-order valence-corrected chi connectivity index (χ4v) is 5.19. The Morgan fingerprint density at radius 2 is 1.57 bits per heavy atom. The number of hydrogen-bond acceptors (Lipinski definition) is 5. The van der Waals surface area contributed by atoms with Gasteiger partial charge in [-0.2, -0.15) is 9.40 Å². The van der Waals surface area contributed by atoms with Gasteiger partial charge in [0.15, 0.2) is 5.82 Å². The van der Waals surface area contributed by atoms with Gasteiger partial charge in [0.1, 0.15) is 0 Å². The van der Waals surface area contributed by atoms with Crippen LogP contribution in [0.3, 0.4) is 0 Å². The van der Waals surface area contributed by atoms with E-state index in [2.05, 4.69) is 21.2 Å². The van der Waals surface area contributed by atoms with Crippen LogP contribution in [-0.4, -0.2) is 49.1 Å². The summed E-state index contributed by atoms with van der Waals surface area (Å²) < 4.78 is 27.7. The molecular weight excluding hydrogens is 372 g/mol. The maximum absolute atomic E-state index is 13.1. The average Bonchev–Trinajstić information content (AvgIpc) is 3.59. The van der Waals surface area contributed by atoms with Gasteiger partial charge in [0, 0.05) is 32.1 Å². The number of nitrogens with zero attached hydrogens (tertiary/aromatic N) is 4. The molecule has 0 spiro atoms. The highest BCUT2D eigenvalue weighted by Crippen LogP contribution is 2.38. The van der Waals surface area contributed by atoms with E-state index in [1.54, 1.807) is 16.4 Å². The fourth-order valence-electron chi connectivity index (χ4n) is 3.74. The Hall–Kier alpha value is -2.51. The van der Waals surface area contributed by atoms with Gasteiger partial charge in [-0.1, -0.05) is 30.3 Å². The summed E-state index contributed by atoms with van der Waals surface area (Å²) in [5.41, 5.74) is 1.07. The molecule has 0 unspecified atom stereocenters. The molecule has 0 bridgehead atoms. The predicted octanol–water partition coefficient (Wildman–Crippen LogP) is 3.02. The number of rotatable bonds is 4. The van der Waals surface area contributed by atoms with Crippen LogP contribution in [0.5, 0.6) is 0 Å². The quantitative estimate of drug-likeness (QED) is 0.681. The minimum Gasteiger partial charge on any atom is -0.352 e. The number of sulfonamides is 1. The summed E-state index contributed by atoms with van der Waals surface area (Å²) in [5.74, 6) is 1.41. The smallest absolute Gasteiger partial charge is 0.243 e. The van der Waals surface area contributed by atoms with Gasteiger partial charge in [-0.3, -0.25) is 0 Å². The highest BCUT2D eigenvalue weighted by molar-refractivity contribution is 7.89. The van der Waals surface area contributed by atoms with Crippen molar-refractivity contribution >= 4 is 26.6 Å². The molecule has 1 aliphatic heterocycles. The molecule has 0 amide bonds. The highest BCUT2D eigenvalue weighted by atomic mass is 32.2. The van der Waals surface area contributed by atoms with Gasteiger partial charge in [-0.15, -0.1) is 5.10 Å². The largest absolute Gasteiger partial charge is 0.352 e. The van der Waals surface area contributed by atoms with Gasteiger partial charge in [0.05, 0.1) is 10.6 Å². The van der Waals surface area contributed by atoms with E-state index in [9.17, 15) is 8.42 Å². The molecule has 1 saturated carbocycles. The molecule has 2 aromatic carbocycles. The van der Waals surface area contributed by atoms with Crippen LogP contribution in [0.15, 0.2) is 59.5 Å². The molecule has 6 nitrogen and oxygen atoms in total. The number of fused-ring (bicyclic) bond motifs is 1. The molecule has 2 aliphatic rings. The van der Waals surface area contributed by atoms with E-state index < -0.39 is 10.0 Å². The summed E-state index contributed by atoms with van der Waals surface area (Å²) in [6.07, 6.45) is 2.42. The summed E-state index contributed by atoms with van der Waals surface area (Å²) in [6, 6.07) is 17.2. The van der Waals surface area contributed by atoms with Gasteiger partial charge >= 0.3 is 0 Å². The first-order chi connectivity index (χ1) is 13.6. The van der Waals surface area contributed by atoms with E-state index in [-0.39, 0.29) is 0 Å². The minimum atomic E-state index is -3.50. The lowest BCUT2D eigenvalue weighted by atomic mass is 10.1. The number of aromatic nitrogens is 2. The Labute approximate surface area is 164 Å². The van der Waals surface area contributed by atoms with Crippen molar-refractivity contribution in [2.75, 3.05) is 31.1 Å². The summed E-state index contributed by atoms with van der Waals surface area (Å²) in [5, 5.41) is 10.7. The Morgan fingerprint density at radius 3 is 2.25 bits per heavy atom. The lowest BCUT2D eigenvalue weighted by Gasteiger charge is -2.34. The van der Waals surface area contributed by atoms with Crippen molar-refractivity contribution in [3.8, 4) is 0 Å². The van der Waals surface area contributed by atoms with E-state index in [1.807, 2.05) is 36.4 Å². The summed E-state index contributed by atoms with van der Waals surface area (Å²) in [7, 11) is -3.50. The Bertz CT molecular complexity index is 1100. The topological polar surface area (TPSA) is 66.4 Å². The second kappa shape index (κ2) is 6.83. The monoisotopic (exact) mass is 394 g/mol. The van der Waals surface area contributed by atoms with Crippen LogP contribution < -0.4 is 4.90 Å². The highest BCUT2D eigenvalue weighted by Gasteiger charge is 2.30. The van der Waals surface area contributed by atoms with Crippen LogP contribution in [0.25, 0.3) is 10.8 Å². The molecule has 2 fully saturated rings.